The minimum Gasteiger partial charge on any atom is -0.458 e. The normalized spacial score (nSPS) is 37.8. The average Bonchev–Trinajstić information content (AvgIpc) is 3.21. The summed E-state index contributed by atoms with van der Waals surface area (Å²) in [6, 6.07) is 7.22. The number of allylic oxidation sites excluding steroid dienone is 1. The molecule has 1 aromatic carbocycles. The Balaban J connectivity index is 1.26. The van der Waals surface area contributed by atoms with Crippen LogP contribution in [0, 0.1) is 46.3 Å². The maximum atomic E-state index is 12.8. The number of hydrogen-bond acceptors (Lipinski definition) is 2. The Hall–Kier alpha value is -1.28. The number of esters is 1. The predicted molar refractivity (Wildman–Crippen MR) is 154 cm³/mol. The third kappa shape index (κ3) is 5.06. The number of carbonyl (C=O) groups excluding carboxylic acids is 1. The van der Waals surface area contributed by atoms with Gasteiger partial charge in [0.25, 0.3) is 0 Å². The summed E-state index contributed by atoms with van der Waals surface area (Å²) in [5.41, 5.74) is 2.86. The van der Waals surface area contributed by atoms with E-state index in [-0.39, 0.29) is 17.5 Å². The molecule has 0 radical (unpaired) electrons. The van der Waals surface area contributed by atoms with E-state index in [9.17, 15) is 4.79 Å². The number of hydrogen-bond donors (Lipinski definition) is 0. The van der Waals surface area contributed by atoms with Crippen molar-refractivity contribution >= 4 is 17.6 Å². The summed E-state index contributed by atoms with van der Waals surface area (Å²) in [5, 5.41) is 0.474. The summed E-state index contributed by atoms with van der Waals surface area (Å²) in [6.07, 6.45) is 16.6. The molecule has 1 aromatic rings. The van der Waals surface area contributed by atoms with Gasteiger partial charge in [-0.2, -0.15) is 0 Å². The zero-order valence-corrected chi connectivity index (χ0v) is 24.7. The van der Waals surface area contributed by atoms with Crippen LogP contribution in [-0.2, 0) is 4.74 Å². The number of fused-ring (bicyclic) bond motifs is 5. The Morgan fingerprint density at radius 2 is 1.81 bits per heavy atom. The third-order valence-corrected chi connectivity index (χ3v) is 12.0. The number of carbonyl (C=O) groups is 1. The SMILES string of the molecule is CC(C)CCC[C@H](C)[C@@H]1CC[C@H]2[C@H]3CC=C4C[C@@H](OC(=O)c5ccccc5Cl)CC[C@]4(C)[C@@H]3CC[C@@]21C. The highest BCUT2D eigenvalue weighted by Gasteiger charge is 2.59. The van der Waals surface area contributed by atoms with Crippen molar-refractivity contribution in [2.75, 3.05) is 0 Å². The van der Waals surface area contributed by atoms with Gasteiger partial charge in [-0.05, 0) is 103 Å². The minimum atomic E-state index is -0.276. The van der Waals surface area contributed by atoms with Crippen molar-refractivity contribution in [3.63, 3.8) is 0 Å². The Bertz CT molecular complexity index is 1010. The molecule has 0 amide bonds. The van der Waals surface area contributed by atoms with Gasteiger partial charge >= 0.3 is 5.97 Å². The first kappa shape index (κ1) is 27.3. The van der Waals surface area contributed by atoms with Crippen LogP contribution in [0.25, 0.3) is 0 Å². The van der Waals surface area contributed by atoms with E-state index in [1.807, 2.05) is 12.1 Å². The van der Waals surface area contributed by atoms with Gasteiger partial charge in [0.15, 0.2) is 0 Å². The third-order valence-electron chi connectivity index (χ3n) is 11.6. The molecular weight excluding hydrogens is 476 g/mol. The average molecular weight is 525 g/mol. The first-order chi connectivity index (χ1) is 17.6. The lowest BCUT2D eigenvalue weighted by Crippen LogP contribution is -2.51. The molecule has 3 fully saturated rings. The second-order valence-electron chi connectivity index (χ2n) is 14.0. The molecule has 4 aliphatic carbocycles. The lowest BCUT2D eigenvalue weighted by molar-refractivity contribution is -0.0594. The molecule has 0 saturated heterocycles. The topological polar surface area (TPSA) is 26.3 Å². The zero-order chi connectivity index (χ0) is 26.4. The molecule has 3 heteroatoms. The van der Waals surface area contributed by atoms with E-state index >= 15 is 0 Å². The van der Waals surface area contributed by atoms with Crippen molar-refractivity contribution in [3.05, 3.63) is 46.5 Å². The van der Waals surface area contributed by atoms with Gasteiger partial charge in [-0.1, -0.05) is 89.3 Å². The van der Waals surface area contributed by atoms with Crippen LogP contribution in [0.4, 0.5) is 0 Å². The molecule has 0 spiro atoms. The monoisotopic (exact) mass is 524 g/mol. The fraction of sp³-hybridized carbons (Fsp3) is 0.735. The van der Waals surface area contributed by atoms with Gasteiger partial charge < -0.3 is 4.74 Å². The maximum Gasteiger partial charge on any atom is 0.339 e. The van der Waals surface area contributed by atoms with E-state index in [0.29, 0.717) is 16.0 Å². The van der Waals surface area contributed by atoms with Gasteiger partial charge in [-0.3, -0.25) is 0 Å². The van der Waals surface area contributed by atoms with E-state index in [4.69, 9.17) is 16.3 Å². The number of ether oxygens (including phenoxy) is 1. The van der Waals surface area contributed by atoms with Gasteiger partial charge in [-0.15, -0.1) is 0 Å². The summed E-state index contributed by atoms with van der Waals surface area (Å²) in [6.45, 7) is 12.5. The van der Waals surface area contributed by atoms with Crippen LogP contribution in [0.1, 0.15) is 116 Å². The fourth-order valence-corrected chi connectivity index (χ4v) is 9.81. The number of benzene rings is 1. The molecule has 5 rings (SSSR count). The van der Waals surface area contributed by atoms with Crippen LogP contribution in [0.5, 0.6) is 0 Å². The Morgan fingerprint density at radius 3 is 2.57 bits per heavy atom. The van der Waals surface area contributed by atoms with Crippen molar-refractivity contribution in [2.45, 2.75) is 111 Å². The number of rotatable bonds is 7. The highest BCUT2D eigenvalue weighted by Crippen LogP contribution is 2.67. The Labute approximate surface area is 231 Å². The molecule has 0 bridgehead atoms. The van der Waals surface area contributed by atoms with Crippen LogP contribution >= 0.6 is 11.6 Å². The van der Waals surface area contributed by atoms with Crippen molar-refractivity contribution in [3.8, 4) is 0 Å². The summed E-state index contributed by atoms with van der Waals surface area (Å²) >= 11 is 6.26. The molecule has 0 heterocycles. The molecule has 2 nitrogen and oxygen atoms in total. The summed E-state index contributed by atoms with van der Waals surface area (Å²) in [5.74, 6) is 4.83. The molecule has 8 atom stereocenters. The molecular formula is C34H49ClO2. The van der Waals surface area contributed by atoms with Gasteiger partial charge in [0.05, 0.1) is 10.6 Å². The van der Waals surface area contributed by atoms with E-state index in [1.54, 1.807) is 17.7 Å². The molecule has 0 N–H and O–H groups in total. The van der Waals surface area contributed by atoms with E-state index in [0.717, 1.165) is 54.8 Å². The molecule has 204 valence electrons. The molecule has 4 aliphatic rings. The number of halogens is 1. The standard InChI is InChI=1S/C34H49ClO2/c1-22(2)9-8-10-23(3)28-15-16-29-26-14-13-24-21-25(37-32(36)27-11-6-7-12-31(27)35)17-19-33(24,4)30(26)18-20-34(28,29)5/h6-7,11-13,22-23,25-26,28-30H,8-10,14-21H2,1-5H3/t23-,25-,26+,28-,29-,30+,33-,34+/m0/s1. The van der Waals surface area contributed by atoms with Gasteiger partial charge in [0, 0.05) is 6.42 Å². The first-order valence-corrected chi connectivity index (χ1v) is 15.7. The maximum absolute atomic E-state index is 12.8. The molecule has 37 heavy (non-hydrogen) atoms. The highest BCUT2D eigenvalue weighted by atomic mass is 35.5. The second kappa shape index (κ2) is 10.7. The summed E-state index contributed by atoms with van der Waals surface area (Å²) < 4.78 is 6.00. The van der Waals surface area contributed by atoms with E-state index in [1.165, 1.54) is 51.4 Å². The Morgan fingerprint density at radius 1 is 1.03 bits per heavy atom. The van der Waals surface area contributed by atoms with Crippen molar-refractivity contribution in [2.24, 2.45) is 46.3 Å². The lowest BCUT2D eigenvalue weighted by atomic mass is 9.47. The minimum absolute atomic E-state index is 0.0314. The zero-order valence-electron chi connectivity index (χ0n) is 23.9. The summed E-state index contributed by atoms with van der Waals surface area (Å²) in [7, 11) is 0. The van der Waals surface area contributed by atoms with Crippen LogP contribution in [0.15, 0.2) is 35.9 Å². The van der Waals surface area contributed by atoms with Crippen LogP contribution < -0.4 is 0 Å². The first-order valence-electron chi connectivity index (χ1n) is 15.3. The lowest BCUT2D eigenvalue weighted by Gasteiger charge is -2.58. The largest absolute Gasteiger partial charge is 0.458 e. The second-order valence-corrected chi connectivity index (χ2v) is 14.4. The molecule has 0 unspecified atom stereocenters. The Kier molecular flexibility index (Phi) is 7.90. The van der Waals surface area contributed by atoms with Crippen LogP contribution in [-0.4, -0.2) is 12.1 Å². The quantitative estimate of drug-likeness (QED) is 0.262. The van der Waals surface area contributed by atoms with Gasteiger partial charge in [0.2, 0.25) is 0 Å². The molecule has 3 saturated carbocycles. The van der Waals surface area contributed by atoms with Crippen molar-refractivity contribution < 1.29 is 9.53 Å². The highest BCUT2D eigenvalue weighted by molar-refractivity contribution is 6.33. The fourth-order valence-electron chi connectivity index (χ4n) is 9.59. The van der Waals surface area contributed by atoms with Crippen molar-refractivity contribution in [1.82, 2.24) is 0 Å². The van der Waals surface area contributed by atoms with Crippen molar-refractivity contribution in [1.29, 1.82) is 0 Å². The molecule has 0 aliphatic heterocycles. The van der Waals surface area contributed by atoms with Crippen LogP contribution in [0.3, 0.4) is 0 Å². The summed E-state index contributed by atoms with van der Waals surface area (Å²) in [4.78, 5) is 12.8. The molecule has 0 aromatic heterocycles. The van der Waals surface area contributed by atoms with E-state index in [2.05, 4.69) is 40.7 Å². The smallest absolute Gasteiger partial charge is 0.339 e. The van der Waals surface area contributed by atoms with Crippen LogP contribution in [0.2, 0.25) is 5.02 Å². The van der Waals surface area contributed by atoms with Gasteiger partial charge in [-0.25, -0.2) is 4.79 Å². The van der Waals surface area contributed by atoms with Gasteiger partial charge in [0.1, 0.15) is 6.10 Å². The van der Waals surface area contributed by atoms with E-state index < -0.39 is 0 Å². The predicted octanol–water partition coefficient (Wildman–Crippen LogP) is 9.91.